The van der Waals surface area contributed by atoms with Crippen molar-refractivity contribution >= 4 is 0 Å². The lowest BCUT2D eigenvalue weighted by Gasteiger charge is -2.20. The van der Waals surface area contributed by atoms with E-state index in [2.05, 4.69) is 39.0 Å². The molecule has 0 radical (unpaired) electrons. The highest BCUT2D eigenvalue weighted by Gasteiger charge is 2.19. The van der Waals surface area contributed by atoms with E-state index in [0.717, 1.165) is 28.1 Å². The van der Waals surface area contributed by atoms with Gasteiger partial charge in [-0.15, -0.1) is 0 Å². The first-order chi connectivity index (χ1) is 10.9. The molecule has 0 fully saturated rings. The first-order valence-corrected chi connectivity index (χ1v) is 7.81. The minimum Gasteiger partial charge on any atom is -0.507 e. The van der Waals surface area contributed by atoms with Gasteiger partial charge >= 0.3 is 0 Å². The van der Waals surface area contributed by atoms with Gasteiger partial charge in [-0.05, 0) is 35.4 Å². The van der Waals surface area contributed by atoms with Gasteiger partial charge in [0.05, 0.1) is 5.69 Å². The average Bonchev–Trinajstić information content (AvgIpc) is 2.55. The van der Waals surface area contributed by atoms with E-state index in [1.807, 2.05) is 42.5 Å². The summed E-state index contributed by atoms with van der Waals surface area (Å²) in [6.07, 6.45) is 0. The Kier molecular flexibility index (Phi) is 3.91. The highest BCUT2D eigenvalue weighted by molar-refractivity contribution is 5.74. The standard InChI is InChI=1S/C21H21NO/c1-21(2,3)20-14-16(15-9-5-4-6-10-15)13-18(22-20)17-11-7-8-12-19(17)23/h4-14,23H,1-3H3. The van der Waals surface area contributed by atoms with Gasteiger partial charge < -0.3 is 5.11 Å². The number of phenols is 1. The van der Waals surface area contributed by atoms with Crippen LogP contribution in [-0.2, 0) is 5.41 Å². The van der Waals surface area contributed by atoms with Crippen molar-refractivity contribution in [1.82, 2.24) is 4.98 Å². The third-order valence-corrected chi connectivity index (χ3v) is 3.88. The van der Waals surface area contributed by atoms with E-state index in [9.17, 15) is 5.11 Å². The van der Waals surface area contributed by atoms with Gasteiger partial charge in [0.1, 0.15) is 5.75 Å². The van der Waals surface area contributed by atoms with Gasteiger partial charge in [-0.3, -0.25) is 4.98 Å². The van der Waals surface area contributed by atoms with Gasteiger partial charge in [-0.2, -0.15) is 0 Å². The molecule has 116 valence electrons. The Morgan fingerprint density at radius 2 is 1.43 bits per heavy atom. The summed E-state index contributed by atoms with van der Waals surface area (Å²) in [7, 11) is 0. The molecule has 2 nitrogen and oxygen atoms in total. The Hall–Kier alpha value is -2.61. The predicted octanol–water partition coefficient (Wildman–Crippen LogP) is 5.42. The Labute approximate surface area is 137 Å². The fourth-order valence-corrected chi connectivity index (χ4v) is 2.54. The molecular formula is C21H21NO. The summed E-state index contributed by atoms with van der Waals surface area (Å²) in [4.78, 5) is 4.80. The number of pyridine rings is 1. The number of hydrogen-bond donors (Lipinski definition) is 1. The molecule has 0 aliphatic carbocycles. The van der Waals surface area contributed by atoms with Crippen LogP contribution in [0.1, 0.15) is 26.5 Å². The van der Waals surface area contributed by atoms with E-state index >= 15 is 0 Å². The summed E-state index contributed by atoms with van der Waals surface area (Å²) in [5.41, 5.74) is 4.77. The van der Waals surface area contributed by atoms with Gasteiger partial charge in [0.2, 0.25) is 0 Å². The van der Waals surface area contributed by atoms with Crippen molar-refractivity contribution in [2.45, 2.75) is 26.2 Å². The van der Waals surface area contributed by atoms with Crippen LogP contribution in [0.4, 0.5) is 0 Å². The Morgan fingerprint density at radius 3 is 2.09 bits per heavy atom. The average molecular weight is 303 g/mol. The van der Waals surface area contributed by atoms with Crippen LogP contribution in [0, 0.1) is 0 Å². The maximum absolute atomic E-state index is 10.2. The molecule has 0 unspecified atom stereocenters. The van der Waals surface area contributed by atoms with Crippen molar-refractivity contribution in [3.8, 4) is 28.1 Å². The molecule has 1 N–H and O–H groups in total. The number of nitrogens with zero attached hydrogens (tertiary/aromatic N) is 1. The van der Waals surface area contributed by atoms with E-state index in [-0.39, 0.29) is 11.2 Å². The molecule has 0 spiro atoms. The van der Waals surface area contributed by atoms with Crippen LogP contribution in [0.15, 0.2) is 66.7 Å². The van der Waals surface area contributed by atoms with Crippen molar-refractivity contribution in [2.75, 3.05) is 0 Å². The third kappa shape index (κ3) is 3.26. The molecule has 3 aromatic rings. The summed E-state index contributed by atoms with van der Waals surface area (Å²) in [6.45, 7) is 6.45. The predicted molar refractivity (Wildman–Crippen MR) is 95.5 cm³/mol. The number of aromatic hydroxyl groups is 1. The summed E-state index contributed by atoms with van der Waals surface area (Å²) in [5, 5.41) is 10.2. The third-order valence-electron chi connectivity index (χ3n) is 3.88. The minimum absolute atomic E-state index is 0.0655. The lowest BCUT2D eigenvalue weighted by Crippen LogP contribution is -2.14. The molecule has 0 bridgehead atoms. The van der Waals surface area contributed by atoms with Crippen LogP contribution in [0.5, 0.6) is 5.75 Å². The first-order valence-electron chi connectivity index (χ1n) is 7.81. The highest BCUT2D eigenvalue weighted by Crippen LogP contribution is 2.33. The summed E-state index contributed by atoms with van der Waals surface area (Å²) < 4.78 is 0. The zero-order valence-corrected chi connectivity index (χ0v) is 13.7. The monoisotopic (exact) mass is 303 g/mol. The Bertz CT molecular complexity index is 817. The summed E-state index contributed by atoms with van der Waals surface area (Å²) in [6, 6.07) is 21.8. The number of rotatable bonds is 2. The molecule has 3 rings (SSSR count). The van der Waals surface area contributed by atoms with Crippen LogP contribution >= 0.6 is 0 Å². The second kappa shape index (κ2) is 5.88. The maximum atomic E-state index is 10.2. The molecule has 0 saturated carbocycles. The molecule has 23 heavy (non-hydrogen) atoms. The Balaban J connectivity index is 2.23. The molecule has 0 saturated heterocycles. The van der Waals surface area contributed by atoms with Crippen molar-refractivity contribution in [2.24, 2.45) is 0 Å². The van der Waals surface area contributed by atoms with Gasteiger partial charge in [0.25, 0.3) is 0 Å². The fraction of sp³-hybridized carbons (Fsp3) is 0.190. The number of phenolic OH excluding ortho intramolecular Hbond substituents is 1. The lowest BCUT2D eigenvalue weighted by atomic mass is 9.89. The Morgan fingerprint density at radius 1 is 0.783 bits per heavy atom. The largest absolute Gasteiger partial charge is 0.507 e. The topological polar surface area (TPSA) is 33.1 Å². The van der Waals surface area contributed by atoms with E-state index in [0.29, 0.717) is 0 Å². The van der Waals surface area contributed by atoms with Crippen molar-refractivity contribution in [3.63, 3.8) is 0 Å². The van der Waals surface area contributed by atoms with Crippen LogP contribution in [0.3, 0.4) is 0 Å². The number of aromatic nitrogens is 1. The van der Waals surface area contributed by atoms with Crippen molar-refractivity contribution < 1.29 is 5.11 Å². The molecule has 2 aromatic carbocycles. The maximum Gasteiger partial charge on any atom is 0.124 e. The van der Waals surface area contributed by atoms with E-state index in [1.165, 1.54) is 0 Å². The number of para-hydroxylation sites is 1. The van der Waals surface area contributed by atoms with Crippen LogP contribution in [0.2, 0.25) is 0 Å². The van der Waals surface area contributed by atoms with Crippen LogP contribution < -0.4 is 0 Å². The minimum atomic E-state index is -0.0655. The van der Waals surface area contributed by atoms with Crippen molar-refractivity contribution in [3.05, 3.63) is 72.4 Å². The summed E-state index contributed by atoms with van der Waals surface area (Å²) >= 11 is 0. The van der Waals surface area contributed by atoms with E-state index < -0.39 is 0 Å². The van der Waals surface area contributed by atoms with Crippen molar-refractivity contribution in [1.29, 1.82) is 0 Å². The zero-order chi connectivity index (χ0) is 16.4. The molecule has 0 amide bonds. The van der Waals surface area contributed by atoms with Gasteiger partial charge in [0, 0.05) is 16.7 Å². The smallest absolute Gasteiger partial charge is 0.124 e. The van der Waals surface area contributed by atoms with Gasteiger partial charge in [0.15, 0.2) is 0 Å². The quantitative estimate of drug-likeness (QED) is 0.686. The number of benzene rings is 2. The van der Waals surface area contributed by atoms with E-state index in [4.69, 9.17) is 4.98 Å². The second-order valence-corrected chi connectivity index (χ2v) is 6.76. The number of hydrogen-bond acceptors (Lipinski definition) is 2. The van der Waals surface area contributed by atoms with Crippen LogP contribution in [-0.4, -0.2) is 10.1 Å². The van der Waals surface area contributed by atoms with Gasteiger partial charge in [-0.25, -0.2) is 0 Å². The molecule has 0 atom stereocenters. The molecule has 1 heterocycles. The second-order valence-electron chi connectivity index (χ2n) is 6.76. The SMILES string of the molecule is CC(C)(C)c1cc(-c2ccccc2)cc(-c2ccccc2O)n1. The fourth-order valence-electron chi connectivity index (χ4n) is 2.54. The molecule has 2 heteroatoms. The molecule has 0 aliphatic rings. The molecule has 1 aromatic heterocycles. The normalized spacial score (nSPS) is 11.4. The first kappa shape index (κ1) is 15.3. The highest BCUT2D eigenvalue weighted by atomic mass is 16.3. The van der Waals surface area contributed by atoms with Gasteiger partial charge in [-0.1, -0.05) is 63.2 Å². The zero-order valence-electron chi connectivity index (χ0n) is 13.7. The molecular weight excluding hydrogens is 282 g/mol. The lowest BCUT2D eigenvalue weighted by molar-refractivity contribution is 0.477. The molecule has 0 aliphatic heterocycles. The van der Waals surface area contributed by atoms with E-state index in [1.54, 1.807) is 6.07 Å². The summed E-state index contributed by atoms with van der Waals surface area (Å²) in [5.74, 6) is 0.255. The van der Waals surface area contributed by atoms with Crippen LogP contribution in [0.25, 0.3) is 22.4 Å².